The van der Waals surface area contributed by atoms with Crippen LogP contribution in [0.1, 0.15) is 52.4 Å². The van der Waals surface area contributed by atoms with Crippen molar-refractivity contribution in [2.45, 2.75) is 64.5 Å². The molecular formula is C14H28N2. The highest BCUT2D eigenvalue weighted by atomic mass is 15.2. The quantitative estimate of drug-likeness (QED) is 0.790. The largest absolute Gasteiger partial charge is 0.312 e. The molecule has 1 saturated carbocycles. The topological polar surface area (TPSA) is 15.3 Å². The highest BCUT2D eigenvalue weighted by Crippen LogP contribution is 2.19. The van der Waals surface area contributed by atoms with Crippen molar-refractivity contribution in [3.63, 3.8) is 0 Å². The standard InChI is InChI=1S/C14H28N2/c1-12-8-9-16(11-12)13(2)10-15-14-6-4-3-5-7-14/h12-15H,3-11H2,1-2H3. The summed E-state index contributed by atoms with van der Waals surface area (Å²) in [6, 6.07) is 1.54. The molecule has 0 spiro atoms. The van der Waals surface area contributed by atoms with E-state index in [0.29, 0.717) is 0 Å². The van der Waals surface area contributed by atoms with Gasteiger partial charge in [-0.3, -0.25) is 4.90 Å². The molecule has 2 fully saturated rings. The van der Waals surface area contributed by atoms with Gasteiger partial charge in [0.1, 0.15) is 0 Å². The summed E-state index contributed by atoms with van der Waals surface area (Å²) in [4.78, 5) is 2.65. The molecule has 1 N–H and O–H groups in total. The normalized spacial score (nSPS) is 30.8. The molecule has 0 radical (unpaired) electrons. The van der Waals surface area contributed by atoms with Gasteiger partial charge in [0.05, 0.1) is 0 Å². The Bertz CT molecular complexity index is 199. The van der Waals surface area contributed by atoms with Gasteiger partial charge in [-0.1, -0.05) is 26.2 Å². The first kappa shape index (κ1) is 12.4. The molecule has 2 atom stereocenters. The van der Waals surface area contributed by atoms with Crippen LogP contribution in [0.5, 0.6) is 0 Å². The zero-order valence-electron chi connectivity index (χ0n) is 11.0. The summed E-state index contributed by atoms with van der Waals surface area (Å²) in [7, 11) is 0. The Morgan fingerprint density at radius 2 is 1.94 bits per heavy atom. The lowest BCUT2D eigenvalue weighted by Crippen LogP contribution is -2.43. The molecule has 0 aromatic heterocycles. The lowest BCUT2D eigenvalue weighted by molar-refractivity contribution is 0.231. The summed E-state index contributed by atoms with van der Waals surface area (Å²) in [6.45, 7) is 8.58. The molecule has 16 heavy (non-hydrogen) atoms. The highest BCUT2D eigenvalue weighted by Gasteiger charge is 2.23. The summed E-state index contributed by atoms with van der Waals surface area (Å²) in [5, 5.41) is 3.77. The van der Waals surface area contributed by atoms with Crippen LogP contribution in [0, 0.1) is 5.92 Å². The predicted octanol–water partition coefficient (Wildman–Crippen LogP) is 2.64. The van der Waals surface area contributed by atoms with E-state index in [4.69, 9.17) is 0 Å². The van der Waals surface area contributed by atoms with Crippen molar-refractivity contribution >= 4 is 0 Å². The summed E-state index contributed by atoms with van der Waals surface area (Å²) in [5.41, 5.74) is 0. The van der Waals surface area contributed by atoms with Crippen LogP contribution in [0.25, 0.3) is 0 Å². The maximum atomic E-state index is 3.77. The Morgan fingerprint density at radius 3 is 2.56 bits per heavy atom. The van der Waals surface area contributed by atoms with Gasteiger partial charge in [0, 0.05) is 25.2 Å². The second-order valence-corrected chi connectivity index (χ2v) is 5.98. The van der Waals surface area contributed by atoms with E-state index in [2.05, 4.69) is 24.1 Å². The molecule has 2 rings (SSSR count). The van der Waals surface area contributed by atoms with Crippen molar-refractivity contribution < 1.29 is 0 Å². The Kier molecular flexibility index (Phi) is 4.66. The molecule has 2 nitrogen and oxygen atoms in total. The molecule has 2 unspecified atom stereocenters. The van der Waals surface area contributed by atoms with Gasteiger partial charge < -0.3 is 5.32 Å². The van der Waals surface area contributed by atoms with E-state index >= 15 is 0 Å². The summed E-state index contributed by atoms with van der Waals surface area (Å²) < 4.78 is 0. The predicted molar refractivity (Wildman–Crippen MR) is 69.7 cm³/mol. The van der Waals surface area contributed by atoms with Crippen LogP contribution in [0.15, 0.2) is 0 Å². The molecule has 94 valence electrons. The minimum Gasteiger partial charge on any atom is -0.312 e. The molecule has 0 bridgehead atoms. The lowest BCUT2D eigenvalue weighted by atomic mass is 9.95. The maximum Gasteiger partial charge on any atom is 0.0192 e. The number of hydrogen-bond acceptors (Lipinski definition) is 2. The van der Waals surface area contributed by atoms with Gasteiger partial charge >= 0.3 is 0 Å². The molecule has 1 aliphatic carbocycles. The van der Waals surface area contributed by atoms with E-state index in [1.54, 1.807) is 0 Å². The molecule has 2 aliphatic rings. The van der Waals surface area contributed by atoms with Crippen LogP contribution < -0.4 is 5.32 Å². The van der Waals surface area contributed by atoms with Crippen molar-refractivity contribution in [1.29, 1.82) is 0 Å². The van der Waals surface area contributed by atoms with Gasteiger partial charge in [-0.15, -0.1) is 0 Å². The van der Waals surface area contributed by atoms with Crippen molar-refractivity contribution in [2.24, 2.45) is 5.92 Å². The Balaban J connectivity index is 1.64. The SMILES string of the molecule is CC1CCN(C(C)CNC2CCCCC2)C1. The first-order valence-corrected chi connectivity index (χ1v) is 7.23. The van der Waals surface area contributed by atoms with Gasteiger partial charge in [-0.25, -0.2) is 0 Å². The van der Waals surface area contributed by atoms with Crippen LogP contribution in [0.4, 0.5) is 0 Å². The van der Waals surface area contributed by atoms with Crippen molar-refractivity contribution in [1.82, 2.24) is 10.2 Å². The maximum absolute atomic E-state index is 3.77. The third-order valence-corrected chi connectivity index (χ3v) is 4.39. The average Bonchev–Trinajstić information content (AvgIpc) is 2.74. The number of likely N-dealkylation sites (tertiary alicyclic amines) is 1. The Morgan fingerprint density at radius 1 is 1.19 bits per heavy atom. The second-order valence-electron chi connectivity index (χ2n) is 5.98. The van der Waals surface area contributed by atoms with Crippen molar-refractivity contribution in [3.05, 3.63) is 0 Å². The monoisotopic (exact) mass is 224 g/mol. The summed E-state index contributed by atoms with van der Waals surface area (Å²) >= 11 is 0. The smallest absolute Gasteiger partial charge is 0.0192 e. The number of hydrogen-bond donors (Lipinski definition) is 1. The van der Waals surface area contributed by atoms with E-state index in [1.807, 2.05) is 0 Å². The van der Waals surface area contributed by atoms with Gasteiger partial charge in [0.25, 0.3) is 0 Å². The number of rotatable bonds is 4. The fraction of sp³-hybridized carbons (Fsp3) is 1.00. The van der Waals surface area contributed by atoms with Gasteiger partial charge in [0.15, 0.2) is 0 Å². The van der Waals surface area contributed by atoms with Crippen molar-refractivity contribution in [2.75, 3.05) is 19.6 Å². The van der Waals surface area contributed by atoms with Crippen LogP contribution in [-0.2, 0) is 0 Å². The second kappa shape index (κ2) is 6.02. The molecule has 0 aromatic rings. The van der Waals surface area contributed by atoms with Crippen LogP contribution in [0.2, 0.25) is 0 Å². The van der Waals surface area contributed by atoms with E-state index < -0.39 is 0 Å². The molecule has 0 amide bonds. The summed E-state index contributed by atoms with van der Waals surface area (Å²) in [5.74, 6) is 0.914. The number of nitrogens with one attached hydrogen (secondary N) is 1. The minimum absolute atomic E-state index is 0.729. The third-order valence-electron chi connectivity index (χ3n) is 4.39. The summed E-state index contributed by atoms with van der Waals surface area (Å²) in [6.07, 6.45) is 8.54. The molecule has 0 aromatic carbocycles. The first-order valence-electron chi connectivity index (χ1n) is 7.23. The van der Waals surface area contributed by atoms with Crippen LogP contribution in [-0.4, -0.2) is 36.6 Å². The van der Waals surface area contributed by atoms with Gasteiger partial charge in [-0.05, 0) is 38.6 Å². The number of nitrogens with zero attached hydrogens (tertiary/aromatic N) is 1. The van der Waals surface area contributed by atoms with Gasteiger partial charge in [-0.2, -0.15) is 0 Å². The average molecular weight is 224 g/mol. The Labute approximate surface area is 101 Å². The Hall–Kier alpha value is -0.0800. The van der Waals surface area contributed by atoms with Crippen LogP contribution >= 0.6 is 0 Å². The zero-order chi connectivity index (χ0) is 11.4. The highest BCUT2D eigenvalue weighted by molar-refractivity contribution is 4.80. The van der Waals surface area contributed by atoms with Gasteiger partial charge in [0.2, 0.25) is 0 Å². The lowest BCUT2D eigenvalue weighted by Gasteiger charge is -2.28. The molecule has 1 aliphatic heterocycles. The van der Waals surface area contributed by atoms with Crippen LogP contribution in [0.3, 0.4) is 0 Å². The molecule has 1 heterocycles. The fourth-order valence-electron chi connectivity index (χ4n) is 3.14. The van der Waals surface area contributed by atoms with E-state index in [9.17, 15) is 0 Å². The minimum atomic E-state index is 0.729. The zero-order valence-corrected chi connectivity index (χ0v) is 11.0. The van der Waals surface area contributed by atoms with E-state index in [0.717, 1.165) is 18.0 Å². The molecular weight excluding hydrogens is 196 g/mol. The molecule has 1 saturated heterocycles. The fourth-order valence-corrected chi connectivity index (χ4v) is 3.14. The third kappa shape index (κ3) is 3.46. The first-order chi connectivity index (χ1) is 7.75. The van der Waals surface area contributed by atoms with E-state index in [1.165, 1.54) is 58.2 Å². The van der Waals surface area contributed by atoms with E-state index in [-0.39, 0.29) is 0 Å². The van der Waals surface area contributed by atoms with Crippen molar-refractivity contribution in [3.8, 4) is 0 Å². The molecule has 2 heteroatoms.